The first-order chi connectivity index (χ1) is 17.0. The van der Waals surface area contributed by atoms with Crippen LogP contribution in [0.5, 0.6) is 0 Å². The first-order valence-electron chi connectivity index (χ1n) is 12.2. The Morgan fingerprint density at radius 3 is 2.33 bits per heavy atom. The first-order valence-corrected chi connectivity index (χ1v) is 13.1. The third kappa shape index (κ3) is 9.56. The predicted octanol–water partition coefficient (Wildman–Crippen LogP) is 6.43. The van der Waals surface area contributed by atoms with Crippen LogP contribution in [0, 0.1) is 0 Å². The lowest BCUT2D eigenvalue weighted by Crippen LogP contribution is -2.38. The minimum atomic E-state index is -4.34. The summed E-state index contributed by atoms with van der Waals surface area (Å²) in [7, 11) is 0. The van der Waals surface area contributed by atoms with Gasteiger partial charge in [0, 0.05) is 30.3 Å². The molecule has 1 aliphatic rings. The summed E-state index contributed by atoms with van der Waals surface area (Å²) in [5.74, 6) is 0.819. The van der Waals surface area contributed by atoms with Gasteiger partial charge in [-0.15, -0.1) is 18.3 Å². The van der Waals surface area contributed by atoms with Crippen molar-refractivity contribution in [2.24, 2.45) is 0 Å². The van der Waals surface area contributed by atoms with E-state index in [0.717, 1.165) is 60.8 Å². The van der Waals surface area contributed by atoms with Crippen LogP contribution in [0.25, 0.3) is 4.91 Å². The monoisotopic (exact) mass is 525 g/mol. The van der Waals surface area contributed by atoms with E-state index >= 15 is 0 Å². The van der Waals surface area contributed by atoms with Gasteiger partial charge in [0.15, 0.2) is 6.29 Å². The molecule has 1 saturated heterocycles. The highest BCUT2D eigenvalue weighted by Gasteiger charge is 2.30. The molecular formula is C28H38F3NO3S. The number of benzene rings is 1. The first kappa shape index (κ1) is 30.4. The number of allylic oxidation sites excluding steroid dienone is 3. The lowest BCUT2D eigenvalue weighted by molar-refractivity contribution is -0.187. The summed E-state index contributed by atoms with van der Waals surface area (Å²) in [5, 5.41) is 18.8. The summed E-state index contributed by atoms with van der Waals surface area (Å²) in [6.07, 6.45) is 4.47. The number of hydrogen-bond acceptors (Lipinski definition) is 5. The molecule has 0 radical (unpaired) electrons. The Bertz CT molecular complexity index is 934. The highest BCUT2D eigenvalue weighted by atomic mass is 32.2. The maximum Gasteiger partial charge on any atom is 0.416 e. The van der Waals surface area contributed by atoms with E-state index in [9.17, 15) is 23.4 Å². The van der Waals surface area contributed by atoms with Crippen LogP contribution in [-0.2, 0) is 10.9 Å². The molecule has 0 aromatic heterocycles. The quantitative estimate of drug-likeness (QED) is 0.258. The standard InChI is InChI=1S/C28H38F3NO3S/c1-5-7-8-25(23-9-11-24(12-10-23)28(29,30)31)36-20-18-32-16-13-21(6-2)22(14-17-32)15-19-35-27(3,4)26(33)34/h5-6,8-12,15,26,33-34H,1,7,13-14,16-20H2,2-4H3/b21-6-,22-15-,25-8-. The molecule has 200 valence electrons. The number of rotatable bonds is 11. The maximum atomic E-state index is 12.9. The molecule has 1 fully saturated rings. The molecule has 1 aliphatic heterocycles. The van der Waals surface area contributed by atoms with Crippen LogP contribution < -0.4 is 0 Å². The summed E-state index contributed by atoms with van der Waals surface area (Å²) in [5.41, 5.74) is 1.59. The van der Waals surface area contributed by atoms with E-state index in [1.165, 1.54) is 23.3 Å². The van der Waals surface area contributed by atoms with Gasteiger partial charge in [0.1, 0.15) is 5.60 Å². The topological polar surface area (TPSA) is 52.9 Å². The van der Waals surface area contributed by atoms with E-state index in [0.29, 0.717) is 13.0 Å². The summed E-state index contributed by atoms with van der Waals surface area (Å²) >= 11 is 1.65. The summed E-state index contributed by atoms with van der Waals surface area (Å²) in [4.78, 5) is 3.36. The molecule has 36 heavy (non-hydrogen) atoms. The van der Waals surface area contributed by atoms with Gasteiger partial charge in [-0.05, 0) is 68.9 Å². The Hall–Kier alpha value is -1.84. The van der Waals surface area contributed by atoms with Gasteiger partial charge in [-0.1, -0.05) is 36.4 Å². The van der Waals surface area contributed by atoms with E-state index in [1.54, 1.807) is 31.7 Å². The molecule has 1 heterocycles. The second kappa shape index (κ2) is 14.2. The van der Waals surface area contributed by atoms with Crippen LogP contribution in [0.4, 0.5) is 13.2 Å². The van der Waals surface area contributed by atoms with Crippen molar-refractivity contribution < 1.29 is 28.1 Å². The molecule has 2 N–H and O–H groups in total. The van der Waals surface area contributed by atoms with Crippen LogP contribution in [0.15, 0.2) is 66.3 Å². The Kier molecular flexibility index (Phi) is 12.0. The molecule has 4 nitrogen and oxygen atoms in total. The number of hydrogen-bond donors (Lipinski definition) is 2. The van der Waals surface area contributed by atoms with Gasteiger partial charge in [-0.25, -0.2) is 0 Å². The fourth-order valence-corrected chi connectivity index (χ4v) is 4.85. The normalized spacial score (nSPS) is 18.8. The molecule has 0 aliphatic carbocycles. The summed E-state index contributed by atoms with van der Waals surface area (Å²) in [6, 6.07) is 5.33. The van der Waals surface area contributed by atoms with E-state index < -0.39 is 23.6 Å². The van der Waals surface area contributed by atoms with E-state index in [2.05, 4.69) is 17.6 Å². The number of likely N-dealkylation sites (tertiary alicyclic amines) is 1. The van der Waals surface area contributed by atoms with Crippen molar-refractivity contribution in [3.8, 4) is 0 Å². The molecular weight excluding hydrogens is 487 g/mol. The van der Waals surface area contributed by atoms with Gasteiger partial charge in [0.05, 0.1) is 12.2 Å². The molecule has 8 heteroatoms. The number of thioether (sulfide) groups is 1. The lowest BCUT2D eigenvalue weighted by Gasteiger charge is -2.26. The van der Waals surface area contributed by atoms with Gasteiger partial charge in [-0.3, -0.25) is 0 Å². The zero-order valence-electron chi connectivity index (χ0n) is 21.4. The van der Waals surface area contributed by atoms with Gasteiger partial charge in [0.2, 0.25) is 0 Å². The third-order valence-electron chi connectivity index (χ3n) is 6.19. The molecule has 0 bridgehead atoms. The molecule has 1 aromatic rings. The number of aliphatic hydroxyl groups excluding tert-OH is 1. The molecule has 0 spiro atoms. The van der Waals surface area contributed by atoms with Crippen LogP contribution in [-0.4, -0.2) is 59.0 Å². The van der Waals surface area contributed by atoms with Crippen molar-refractivity contribution in [2.75, 3.05) is 32.0 Å². The van der Waals surface area contributed by atoms with Gasteiger partial charge >= 0.3 is 6.18 Å². The van der Waals surface area contributed by atoms with Crippen molar-refractivity contribution in [3.05, 3.63) is 77.4 Å². The molecule has 0 unspecified atom stereocenters. The van der Waals surface area contributed by atoms with Crippen LogP contribution in [0.1, 0.15) is 51.2 Å². The second-order valence-electron chi connectivity index (χ2n) is 9.19. The van der Waals surface area contributed by atoms with Gasteiger partial charge < -0.3 is 19.8 Å². The minimum Gasteiger partial charge on any atom is -0.366 e. The number of halogens is 3. The zero-order chi connectivity index (χ0) is 26.8. The summed E-state index contributed by atoms with van der Waals surface area (Å²) < 4.78 is 44.4. The Balaban J connectivity index is 1.96. The van der Waals surface area contributed by atoms with Crippen LogP contribution >= 0.6 is 11.8 Å². The van der Waals surface area contributed by atoms with Crippen molar-refractivity contribution >= 4 is 16.7 Å². The summed E-state index contributed by atoms with van der Waals surface area (Å²) in [6.45, 7) is 12.0. The molecule has 0 amide bonds. The fourth-order valence-electron chi connectivity index (χ4n) is 3.77. The smallest absolute Gasteiger partial charge is 0.366 e. The number of ether oxygens (including phenoxy) is 1. The molecule has 0 atom stereocenters. The van der Waals surface area contributed by atoms with Crippen LogP contribution in [0.3, 0.4) is 0 Å². The highest BCUT2D eigenvalue weighted by molar-refractivity contribution is 8.08. The van der Waals surface area contributed by atoms with Crippen LogP contribution in [0.2, 0.25) is 0 Å². The molecule has 1 aromatic carbocycles. The Labute approximate surface area is 217 Å². The maximum absolute atomic E-state index is 12.9. The van der Waals surface area contributed by atoms with E-state index in [4.69, 9.17) is 4.74 Å². The Morgan fingerprint density at radius 2 is 1.78 bits per heavy atom. The Morgan fingerprint density at radius 1 is 1.14 bits per heavy atom. The van der Waals surface area contributed by atoms with Crippen molar-refractivity contribution in [1.29, 1.82) is 0 Å². The van der Waals surface area contributed by atoms with E-state index in [1.807, 2.05) is 19.1 Å². The van der Waals surface area contributed by atoms with Crippen molar-refractivity contribution in [1.82, 2.24) is 4.90 Å². The zero-order valence-corrected chi connectivity index (χ0v) is 22.2. The largest absolute Gasteiger partial charge is 0.416 e. The number of nitrogens with zero attached hydrogens (tertiary/aromatic N) is 1. The highest BCUT2D eigenvalue weighted by Crippen LogP contribution is 2.33. The van der Waals surface area contributed by atoms with Crippen molar-refractivity contribution in [2.45, 2.75) is 58.1 Å². The second-order valence-corrected chi connectivity index (χ2v) is 10.3. The SMILES string of the molecule is C=CC/C=C(\SCCN1CCC(=C/C)/C(=C\COC(C)(C)C(O)O)CC1)c1ccc(C(F)(F)F)cc1. The predicted molar refractivity (Wildman–Crippen MR) is 142 cm³/mol. The minimum absolute atomic E-state index is 0.303. The van der Waals surface area contributed by atoms with E-state index in [-0.39, 0.29) is 0 Å². The molecule has 2 rings (SSSR count). The third-order valence-corrected chi connectivity index (χ3v) is 7.29. The number of alkyl halides is 3. The fraction of sp³-hybridized carbons (Fsp3) is 0.500. The van der Waals surface area contributed by atoms with Gasteiger partial charge in [0.25, 0.3) is 0 Å². The average molecular weight is 526 g/mol. The average Bonchev–Trinajstić information content (AvgIpc) is 3.02. The van der Waals surface area contributed by atoms with Gasteiger partial charge in [-0.2, -0.15) is 13.2 Å². The lowest BCUT2D eigenvalue weighted by atomic mass is 10.0. The van der Waals surface area contributed by atoms with Crippen molar-refractivity contribution in [3.63, 3.8) is 0 Å². The molecule has 0 saturated carbocycles. The number of aliphatic hydroxyl groups is 2.